The molecule has 90 valence electrons. The lowest BCUT2D eigenvalue weighted by molar-refractivity contribution is -0.141. The Morgan fingerprint density at radius 2 is 2.00 bits per heavy atom. The van der Waals surface area contributed by atoms with Crippen molar-refractivity contribution in [2.75, 3.05) is 6.61 Å². The first-order valence-electron chi connectivity index (χ1n) is 6.04. The van der Waals surface area contributed by atoms with Gasteiger partial charge in [0.1, 0.15) is 0 Å². The lowest BCUT2D eigenvalue weighted by Crippen LogP contribution is -1.99. The van der Waals surface area contributed by atoms with Gasteiger partial charge in [0, 0.05) is 13.3 Å². The fourth-order valence-corrected chi connectivity index (χ4v) is 1.19. The largest absolute Gasteiger partial charge is 0.466 e. The van der Waals surface area contributed by atoms with Crippen LogP contribution < -0.4 is 0 Å². The van der Waals surface area contributed by atoms with Crippen LogP contribution in [0.2, 0.25) is 0 Å². The van der Waals surface area contributed by atoms with Gasteiger partial charge in [0.05, 0.1) is 6.61 Å². The van der Waals surface area contributed by atoms with Crippen molar-refractivity contribution in [2.45, 2.75) is 52.4 Å². The highest BCUT2D eigenvalue weighted by molar-refractivity contribution is 5.65. The summed E-state index contributed by atoms with van der Waals surface area (Å²) in [7, 11) is 0. The number of carbonyl (C=O) groups is 1. The molecule has 0 aromatic heterocycles. The maximum Gasteiger partial charge on any atom is 0.302 e. The van der Waals surface area contributed by atoms with E-state index in [0.29, 0.717) is 6.61 Å². The van der Waals surface area contributed by atoms with E-state index in [9.17, 15) is 4.79 Å². The average Bonchev–Trinajstić information content (AvgIpc) is 2.25. The monoisotopic (exact) mass is 222 g/mol. The van der Waals surface area contributed by atoms with E-state index in [4.69, 9.17) is 4.74 Å². The van der Waals surface area contributed by atoms with E-state index in [1.54, 1.807) is 0 Å². The molecule has 0 amide bonds. The number of ether oxygens (including phenoxy) is 1. The lowest BCUT2D eigenvalue weighted by atomic mass is 10.1. The van der Waals surface area contributed by atoms with E-state index in [1.807, 2.05) is 6.08 Å². The van der Waals surface area contributed by atoms with E-state index in [1.165, 1.54) is 6.92 Å². The van der Waals surface area contributed by atoms with Crippen LogP contribution in [-0.4, -0.2) is 12.6 Å². The normalized spacial score (nSPS) is 9.88. The molecule has 0 saturated heterocycles. The van der Waals surface area contributed by atoms with Gasteiger partial charge in [0.2, 0.25) is 0 Å². The van der Waals surface area contributed by atoms with Crippen molar-refractivity contribution in [1.29, 1.82) is 0 Å². The minimum atomic E-state index is -0.187. The Labute approximate surface area is 99.1 Å². The molecule has 0 aliphatic carbocycles. The summed E-state index contributed by atoms with van der Waals surface area (Å²) in [6.45, 7) is 4.10. The van der Waals surface area contributed by atoms with E-state index in [0.717, 1.165) is 38.5 Å². The molecule has 0 unspecified atom stereocenters. The number of unbranched alkanes of at least 4 members (excludes halogenated alkanes) is 4. The summed E-state index contributed by atoms with van der Waals surface area (Å²) in [5.74, 6) is 5.92. The zero-order valence-corrected chi connectivity index (χ0v) is 10.4. The summed E-state index contributed by atoms with van der Waals surface area (Å²) in [6, 6.07) is 0. The molecule has 0 aromatic rings. The summed E-state index contributed by atoms with van der Waals surface area (Å²) >= 11 is 0. The van der Waals surface area contributed by atoms with Crippen molar-refractivity contribution in [3.05, 3.63) is 12.2 Å². The van der Waals surface area contributed by atoms with Crippen molar-refractivity contribution >= 4 is 5.97 Å². The predicted molar refractivity (Wildman–Crippen MR) is 66.9 cm³/mol. The molecule has 0 saturated carbocycles. The standard InChI is InChI=1S/C14H22O2/c1-3-4-5-6-7-8-9-10-11-12-13-16-14(2)15/h4-5H,3,8-13H2,1-2H3. The van der Waals surface area contributed by atoms with Gasteiger partial charge in [-0.2, -0.15) is 0 Å². The predicted octanol–water partition coefficient (Wildman–Crippen LogP) is 3.47. The van der Waals surface area contributed by atoms with Crippen LogP contribution in [0.5, 0.6) is 0 Å². The Balaban J connectivity index is 3.17. The van der Waals surface area contributed by atoms with Crippen LogP contribution in [0.15, 0.2) is 12.2 Å². The highest BCUT2D eigenvalue weighted by Gasteiger charge is 1.92. The van der Waals surface area contributed by atoms with Gasteiger partial charge >= 0.3 is 5.97 Å². The average molecular weight is 222 g/mol. The zero-order valence-electron chi connectivity index (χ0n) is 10.4. The van der Waals surface area contributed by atoms with Gasteiger partial charge in [-0.3, -0.25) is 4.79 Å². The molecular formula is C14H22O2. The molecule has 0 aromatic carbocycles. The topological polar surface area (TPSA) is 26.3 Å². The molecule has 0 bridgehead atoms. The molecule has 0 aliphatic heterocycles. The Morgan fingerprint density at radius 3 is 2.69 bits per heavy atom. The summed E-state index contributed by atoms with van der Waals surface area (Å²) in [6.07, 6.45) is 10.3. The van der Waals surface area contributed by atoms with Crippen molar-refractivity contribution < 1.29 is 9.53 Å². The van der Waals surface area contributed by atoms with E-state index >= 15 is 0 Å². The number of rotatable bonds is 7. The minimum absolute atomic E-state index is 0.187. The maximum absolute atomic E-state index is 10.5. The second-order valence-electron chi connectivity index (χ2n) is 3.64. The minimum Gasteiger partial charge on any atom is -0.466 e. The number of esters is 1. The number of hydrogen-bond acceptors (Lipinski definition) is 2. The van der Waals surface area contributed by atoms with Gasteiger partial charge < -0.3 is 4.74 Å². The molecule has 2 heteroatoms. The second-order valence-corrected chi connectivity index (χ2v) is 3.64. The van der Waals surface area contributed by atoms with E-state index in [-0.39, 0.29) is 5.97 Å². The molecule has 0 N–H and O–H groups in total. The van der Waals surface area contributed by atoms with Crippen molar-refractivity contribution in [2.24, 2.45) is 0 Å². The Bertz CT molecular complexity index is 256. The van der Waals surface area contributed by atoms with Crippen LogP contribution in [0.25, 0.3) is 0 Å². The third kappa shape index (κ3) is 12.8. The van der Waals surface area contributed by atoms with Crippen LogP contribution in [0.4, 0.5) is 0 Å². The first-order chi connectivity index (χ1) is 7.77. The van der Waals surface area contributed by atoms with Gasteiger partial charge in [-0.05, 0) is 25.3 Å². The molecule has 0 spiro atoms. The van der Waals surface area contributed by atoms with Crippen molar-refractivity contribution in [1.82, 2.24) is 0 Å². The molecule has 0 aliphatic rings. The van der Waals surface area contributed by atoms with E-state index < -0.39 is 0 Å². The van der Waals surface area contributed by atoms with E-state index in [2.05, 4.69) is 24.8 Å². The Morgan fingerprint density at radius 1 is 1.25 bits per heavy atom. The van der Waals surface area contributed by atoms with Gasteiger partial charge in [0.15, 0.2) is 0 Å². The molecule has 0 atom stereocenters. The SMILES string of the molecule is CCC=CC#CCCCCCCOC(C)=O. The third-order valence-corrected chi connectivity index (χ3v) is 2.04. The van der Waals surface area contributed by atoms with Crippen molar-refractivity contribution in [3.63, 3.8) is 0 Å². The first-order valence-corrected chi connectivity index (χ1v) is 6.04. The molecule has 2 nitrogen and oxygen atoms in total. The van der Waals surface area contributed by atoms with Crippen molar-refractivity contribution in [3.8, 4) is 11.8 Å². The van der Waals surface area contributed by atoms with Crippen LogP contribution >= 0.6 is 0 Å². The fraction of sp³-hybridized carbons (Fsp3) is 0.643. The summed E-state index contributed by atoms with van der Waals surface area (Å²) < 4.78 is 4.84. The molecular weight excluding hydrogens is 200 g/mol. The summed E-state index contributed by atoms with van der Waals surface area (Å²) in [5.41, 5.74) is 0. The second kappa shape index (κ2) is 11.8. The van der Waals surface area contributed by atoms with Crippen LogP contribution in [-0.2, 0) is 9.53 Å². The number of allylic oxidation sites excluding steroid dienone is 2. The molecule has 0 radical (unpaired) electrons. The Kier molecular flexibility index (Phi) is 10.9. The lowest BCUT2D eigenvalue weighted by Gasteiger charge is -2.00. The summed E-state index contributed by atoms with van der Waals surface area (Å²) in [5, 5.41) is 0. The zero-order chi connectivity index (χ0) is 12.1. The smallest absolute Gasteiger partial charge is 0.302 e. The summed E-state index contributed by atoms with van der Waals surface area (Å²) in [4.78, 5) is 10.5. The highest BCUT2D eigenvalue weighted by Crippen LogP contribution is 2.02. The first kappa shape index (κ1) is 14.8. The molecule has 0 fully saturated rings. The molecule has 16 heavy (non-hydrogen) atoms. The maximum atomic E-state index is 10.5. The van der Waals surface area contributed by atoms with Gasteiger partial charge in [-0.1, -0.05) is 37.7 Å². The Hall–Kier alpha value is -1.23. The number of carbonyl (C=O) groups excluding carboxylic acids is 1. The fourth-order valence-electron chi connectivity index (χ4n) is 1.19. The van der Waals surface area contributed by atoms with Gasteiger partial charge in [0.25, 0.3) is 0 Å². The quantitative estimate of drug-likeness (QED) is 0.374. The van der Waals surface area contributed by atoms with Crippen LogP contribution in [0, 0.1) is 11.8 Å². The third-order valence-electron chi connectivity index (χ3n) is 2.04. The van der Waals surface area contributed by atoms with Gasteiger partial charge in [-0.15, -0.1) is 0 Å². The van der Waals surface area contributed by atoms with Crippen LogP contribution in [0.3, 0.4) is 0 Å². The van der Waals surface area contributed by atoms with Gasteiger partial charge in [-0.25, -0.2) is 0 Å². The highest BCUT2D eigenvalue weighted by atomic mass is 16.5. The molecule has 0 heterocycles. The molecule has 0 rings (SSSR count). The number of hydrogen-bond donors (Lipinski definition) is 0. The van der Waals surface area contributed by atoms with Crippen LogP contribution in [0.1, 0.15) is 52.4 Å².